The fraction of sp³-hybridized carbons (Fsp3) is 0.462. The summed E-state index contributed by atoms with van der Waals surface area (Å²) in [6.07, 6.45) is 2.86. The van der Waals surface area contributed by atoms with E-state index in [1.807, 2.05) is 18.3 Å². The van der Waals surface area contributed by atoms with Gasteiger partial charge >= 0.3 is 0 Å². The third-order valence-electron chi connectivity index (χ3n) is 2.56. The number of rotatable bonds is 3. The van der Waals surface area contributed by atoms with Gasteiger partial charge in [-0.25, -0.2) is 4.40 Å². The first kappa shape index (κ1) is 12.9. The number of benzene rings is 1. The van der Waals surface area contributed by atoms with Crippen LogP contribution in [-0.2, 0) is 17.8 Å². The number of fused-ring (bicyclic) bond motifs is 1. The minimum atomic E-state index is 0.504. The zero-order valence-electron chi connectivity index (χ0n) is 10.1. The lowest BCUT2D eigenvalue weighted by atomic mass is 9.98. The summed E-state index contributed by atoms with van der Waals surface area (Å²) >= 11 is 7.68. The van der Waals surface area contributed by atoms with Crippen molar-refractivity contribution >= 4 is 29.8 Å². The van der Waals surface area contributed by atoms with Gasteiger partial charge in [0.15, 0.2) is 0 Å². The van der Waals surface area contributed by atoms with E-state index in [-0.39, 0.29) is 0 Å². The molecule has 0 aliphatic carbocycles. The van der Waals surface area contributed by atoms with E-state index in [0.717, 1.165) is 23.6 Å². The van der Waals surface area contributed by atoms with Crippen LogP contribution >= 0.6 is 23.5 Å². The minimum absolute atomic E-state index is 0.504. The van der Waals surface area contributed by atoms with Gasteiger partial charge in [-0.3, -0.25) is 0 Å². The predicted octanol–water partition coefficient (Wildman–Crippen LogP) is 3.89. The molecule has 1 aliphatic heterocycles. The maximum absolute atomic E-state index is 6.10. The van der Waals surface area contributed by atoms with E-state index in [1.54, 1.807) is 11.9 Å². The minimum Gasteiger partial charge on any atom is -0.376 e. The molecule has 0 saturated heterocycles. The molecule has 0 bridgehead atoms. The molecule has 0 atom stereocenters. The Morgan fingerprint density at radius 1 is 1.47 bits per heavy atom. The van der Waals surface area contributed by atoms with Crippen molar-refractivity contribution in [2.24, 2.45) is 4.40 Å². The zero-order chi connectivity index (χ0) is 12.3. The van der Waals surface area contributed by atoms with Crippen molar-refractivity contribution in [2.45, 2.75) is 32.1 Å². The highest BCUT2D eigenvalue weighted by Gasteiger charge is 2.13. The lowest BCUT2D eigenvalue weighted by Crippen LogP contribution is -2.12. The van der Waals surface area contributed by atoms with Crippen LogP contribution in [0.4, 0.5) is 0 Å². The van der Waals surface area contributed by atoms with Crippen molar-refractivity contribution in [2.75, 3.05) is 6.61 Å². The van der Waals surface area contributed by atoms with Gasteiger partial charge in [-0.15, -0.1) is 0 Å². The van der Waals surface area contributed by atoms with Crippen LogP contribution in [0.2, 0.25) is 5.02 Å². The summed E-state index contributed by atoms with van der Waals surface area (Å²) in [5.41, 5.74) is 3.65. The SMILES string of the molecule is CC(C)SN=Cc1cc(Cl)cc2c1CCOC2. The third kappa shape index (κ3) is 3.47. The number of halogens is 1. The maximum Gasteiger partial charge on any atom is 0.0720 e. The molecule has 0 aromatic heterocycles. The molecule has 17 heavy (non-hydrogen) atoms. The Kier molecular flexibility index (Phi) is 4.48. The number of ether oxygens (including phenoxy) is 1. The molecule has 0 N–H and O–H groups in total. The molecule has 0 radical (unpaired) electrons. The Labute approximate surface area is 112 Å². The van der Waals surface area contributed by atoms with Crippen LogP contribution in [0.15, 0.2) is 16.5 Å². The average Bonchev–Trinajstić information content (AvgIpc) is 2.28. The first-order valence-electron chi connectivity index (χ1n) is 5.75. The molecular weight excluding hydrogens is 254 g/mol. The smallest absolute Gasteiger partial charge is 0.0720 e. The van der Waals surface area contributed by atoms with Crippen LogP contribution in [0.25, 0.3) is 0 Å². The van der Waals surface area contributed by atoms with Gasteiger partial charge in [-0.1, -0.05) is 25.4 Å². The van der Waals surface area contributed by atoms with E-state index in [1.165, 1.54) is 11.1 Å². The third-order valence-corrected chi connectivity index (χ3v) is 3.43. The Balaban J connectivity index is 2.26. The molecule has 0 spiro atoms. The Hall–Kier alpha value is -0.510. The number of nitrogens with zero attached hydrogens (tertiary/aromatic N) is 1. The molecule has 4 heteroatoms. The summed E-state index contributed by atoms with van der Waals surface area (Å²) in [6, 6.07) is 3.97. The van der Waals surface area contributed by atoms with Crippen LogP contribution in [0.1, 0.15) is 30.5 Å². The Morgan fingerprint density at radius 3 is 3.06 bits per heavy atom. The van der Waals surface area contributed by atoms with Gasteiger partial charge in [0.2, 0.25) is 0 Å². The maximum atomic E-state index is 6.10. The topological polar surface area (TPSA) is 21.6 Å². The molecule has 0 unspecified atom stereocenters. The quantitative estimate of drug-likeness (QED) is 0.613. The van der Waals surface area contributed by atoms with Gasteiger partial charge in [-0.2, -0.15) is 0 Å². The molecule has 1 aliphatic rings. The van der Waals surface area contributed by atoms with Crippen molar-refractivity contribution < 1.29 is 4.74 Å². The fourth-order valence-electron chi connectivity index (χ4n) is 1.83. The van der Waals surface area contributed by atoms with Crippen LogP contribution in [0.3, 0.4) is 0 Å². The average molecular weight is 270 g/mol. The monoisotopic (exact) mass is 269 g/mol. The lowest BCUT2D eigenvalue weighted by molar-refractivity contribution is 0.110. The molecule has 0 saturated carbocycles. The van der Waals surface area contributed by atoms with E-state index in [2.05, 4.69) is 18.2 Å². The van der Waals surface area contributed by atoms with Crippen LogP contribution in [0.5, 0.6) is 0 Å². The molecule has 1 aromatic rings. The summed E-state index contributed by atoms with van der Waals surface area (Å²) < 4.78 is 9.82. The first-order chi connectivity index (χ1) is 8.16. The normalized spacial score (nSPS) is 15.5. The summed E-state index contributed by atoms with van der Waals surface area (Å²) in [5, 5.41) is 1.26. The predicted molar refractivity (Wildman–Crippen MR) is 75.1 cm³/mol. The fourth-order valence-corrected chi connectivity index (χ4v) is 2.50. The second kappa shape index (κ2) is 5.89. The Morgan fingerprint density at radius 2 is 2.29 bits per heavy atom. The van der Waals surface area contributed by atoms with Crippen molar-refractivity contribution in [3.8, 4) is 0 Å². The van der Waals surface area contributed by atoms with Crippen molar-refractivity contribution in [3.63, 3.8) is 0 Å². The highest BCUT2D eigenvalue weighted by molar-refractivity contribution is 7.98. The van der Waals surface area contributed by atoms with Crippen molar-refractivity contribution in [3.05, 3.63) is 33.8 Å². The van der Waals surface area contributed by atoms with Gasteiger partial charge in [0, 0.05) is 16.5 Å². The molecule has 0 fully saturated rings. The molecular formula is C13H16ClNOS. The summed E-state index contributed by atoms with van der Waals surface area (Å²) in [6.45, 7) is 5.70. The first-order valence-corrected chi connectivity index (χ1v) is 6.96. The van der Waals surface area contributed by atoms with Crippen LogP contribution < -0.4 is 0 Å². The van der Waals surface area contributed by atoms with E-state index in [0.29, 0.717) is 11.9 Å². The van der Waals surface area contributed by atoms with E-state index in [4.69, 9.17) is 16.3 Å². The summed E-state index contributed by atoms with van der Waals surface area (Å²) in [5.74, 6) is 0. The molecule has 2 nitrogen and oxygen atoms in total. The van der Waals surface area contributed by atoms with Crippen LogP contribution in [0, 0.1) is 0 Å². The van der Waals surface area contributed by atoms with Gasteiger partial charge in [-0.05, 0) is 47.2 Å². The molecule has 92 valence electrons. The second-order valence-corrected chi connectivity index (χ2v) is 6.12. The summed E-state index contributed by atoms with van der Waals surface area (Å²) in [7, 11) is 0. The van der Waals surface area contributed by atoms with Gasteiger partial charge in [0.1, 0.15) is 0 Å². The van der Waals surface area contributed by atoms with E-state index < -0.39 is 0 Å². The molecule has 1 heterocycles. The van der Waals surface area contributed by atoms with E-state index in [9.17, 15) is 0 Å². The molecule has 1 aromatic carbocycles. The molecule has 0 amide bonds. The number of hydrogen-bond donors (Lipinski definition) is 0. The zero-order valence-corrected chi connectivity index (χ0v) is 11.6. The highest BCUT2D eigenvalue weighted by atomic mass is 35.5. The standard InChI is InChI=1S/C13H16ClNOS/c1-9(2)17-15-7-10-5-12(14)6-11-8-16-4-3-13(10)11/h5-7,9H,3-4,8H2,1-2H3. The summed E-state index contributed by atoms with van der Waals surface area (Å²) in [4.78, 5) is 0. The van der Waals surface area contributed by atoms with Gasteiger partial charge in [0.05, 0.1) is 13.2 Å². The highest BCUT2D eigenvalue weighted by Crippen LogP contribution is 2.25. The van der Waals surface area contributed by atoms with E-state index >= 15 is 0 Å². The number of hydrogen-bond acceptors (Lipinski definition) is 3. The second-order valence-electron chi connectivity index (χ2n) is 4.32. The van der Waals surface area contributed by atoms with Crippen molar-refractivity contribution in [1.82, 2.24) is 0 Å². The molecule has 2 rings (SSSR count). The van der Waals surface area contributed by atoms with Crippen LogP contribution in [-0.4, -0.2) is 18.1 Å². The largest absolute Gasteiger partial charge is 0.376 e. The lowest BCUT2D eigenvalue weighted by Gasteiger charge is -2.18. The van der Waals surface area contributed by atoms with Gasteiger partial charge < -0.3 is 4.74 Å². The Bertz CT molecular complexity index is 432. The van der Waals surface area contributed by atoms with Gasteiger partial charge in [0.25, 0.3) is 0 Å². The van der Waals surface area contributed by atoms with Crippen molar-refractivity contribution in [1.29, 1.82) is 0 Å².